The molecule has 3 N–H and O–H groups in total. The lowest BCUT2D eigenvalue weighted by Gasteiger charge is -2.31. The van der Waals surface area contributed by atoms with Gasteiger partial charge in [-0.1, -0.05) is 0 Å². The Hall–Kier alpha value is -1.40. The second-order valence-electron chi connectivity index (χ2n) is 5.31. The Bertz CT molecular complexity index is 434. The second-order valence-corrected chi connectivity index (χ2v) is 5.31. The van der Waals surface area contributed by atoms with Gasteiger partial charge in [0.05, 0.1) is 12.2 Å². The van der Waals surface area contributed by atoms with Crippen LogP contribution in [0.1, 0.15) is 24.1 Å². The first-order valence-electron chi connectivity index (χ1n) is 6.78. The first kappa shape index (κ1) is 14.0. The average Bonchev–Trinajstić information content (AvgIpc) is 2.66. The Balaban J connectivity index is 1.74. The molecule has 1 fully saturated rings. The van der Waals surface area contributed by atoms with Crippen molar-refractivity contribution >= 4 is 5.91 Å². The quantitative estimate of drug-likeness (QED) is 0.771. The zero-order valence-electron chi connectivity index (χ0n) is 11.7. The van der Waals surface area contributed by atoms with Crippen LogP contribution in [-0.2, 0) is 18.4 Å². The number of nitrogens with one attached hydrogen (secondary N) is 1. The highest BCUT2D eigenvalue weighted by Gasteiger charge is 2.19. The normalized spacial score (nSPS) is 17.8. The molecule has 1 aliphatic rings. The van der Waals surface area contributed by atoms with E-state index in [2.05, 4.69) is 21.5 Å². The number of nitrogens with zero attached hydrogens (tertiary/aromatic N) is 3. The van der Waals surface area contributed by atoms with Gasteiger partial charge in [0.2, 0.25) is 5.91 Å². The number of amides is 1. The molecule has 106 valence electrons. The predicted molar refractivity (Wildman–Crippen MR) is 73.4 cm³/mol. The minimum Gasteiger partial charge on any atom is -0.369 e. The summed E-state index contributed by atoms with van der Waals surface area (Å²) in [5.41, 5.74) is 7.54. The molecule has 0 atom stereocenters. The SMILES string of the molecule is Cc1nn(C)cc1CNC1CCN(CC(N)=O)CC1. The van der Waals surface area contributed by atoms with Crippen LogP contribution in [0.25, 0.3) is 0 Å². The monoisotopic (exact) mass is 265 g/mol. The van der Waals surface area contributed by atoms with E-state index < -0.39 is 0 Å². The standard InChI is InChI=1S/C13H23N5O/c1-10-11(8-17(2)16-10)7-15-12-3-5-18(6-4-12)9-13(14)19/h8,12,15H,3-7,9H2,1-2H3,(H2,14,19). The van der Waals surface area contributed by atoms with Crippen LogP contribution in [0.4, 0.5) is 0 Å². The summed E-state index contributed by atoms with van der Waals surface area (Å²) in [5, 5.41) is 7.91. The van der Waals surface area contributed by atoms with Crippen LogP contribution < -0.4 is 11.1 Å². The molecule has 0 bridgehead atoms. The zero-order chi connectivity index (χ0) is 13.8. The summed E-state index contributed by atoms with van der Waals surface area (Å²) >= 11 is 0. The van der Waals surface area contributed by atoms with Gasteiger partial charge < -0.3 is 11.1 Å². The molecular formula is C13H23N5O. The van der Waals surface area contributed by atoms with Crippen molar-refractivity contribution in [2.24, 2.45) is 12.8 Å². The van der Waals surface area contributed by atoms with Gasteiger partial charge in [0.25, 0.3) is 0 Å². The fraction of sp³-hybridized carbons (Fsp3) is 0.692. The Labute approximate surface area is 113 Å². The number of piperidine rings is 1. The van der Waals surface area contributed by atoms with Crippen LogP contribution >= 0.6 is 0 Å². The minimum atomic E-state index is -0.239. The summed E-state index contributed by atoms with van der Waals surface area (Å²) in [4.78, 5) is 13.0. The van der Waals surface area contributed by atoms with Gasteiger partial charge in [-0.15, -0.1) is 0 Å². The predicted octanol–water partition coefficient (Wildman–Crippen LogP) is -0.232. The molecule has 19 heavy (non-hydrogen) atoms. The molecular weight excluding hydrogens is 242 g/mol. The van der Waals surface area contributed by atoms with Gasteiger partial charge in [-0.3, -0.25) is 14.4 Å². The van der Waals surface area contributed by atoms with Crippen LogP contribution in [-0.4, -0.2) is 46.3 Å². The molecule has 6 nitrogen and oxygen atoms in total. The molecule has 0 aliphatic carbocycles. The number of likely N-dealkylation sites (tertiary alicyclic amines) is 1. The molecule has 1 aromatic rings. The summed E-state index contributed by atoms with van der Waals surface area (Å²) in [6.45, 7) is 5.15. The number of aromatic nitrogens is 2. The lowest BCUT2D eigenvalue weighted by Crippen LogP contribution is -2.45. The first-order valence-corrected chi connectivity index (χ1v) is 6.78. The van der Waals surface area contributed by atoms with E-state index in [0.29, 0.717) is 12.6 Å². The van der Waals surface area contributed by atoms with Gasteiger partial charge in [-0.25, -0.2) is 0 Å². The maximum Gasteiger partial charge on any atom is 0.231 e. The molecule has 2 rings (SSSR count). The van der Waals surface area contributed by atoms with Gasteiger partial charge in [0, 0.05) is 44.5 Å². The van der Waals surface area contributed by atoms with Crippen molar-refractivity contribution in [1.82, 2.24) is 20.0 Å². The Morgan fingerprint density at radius 3 is 2.74 bits per heavy atom. The Morgan fingerprint density at radius 1 is 1.53 bits per heavy atom. The number of hydrogen-bond acceptors (Lipinski definition) is 4. The number of nitrogens with two attached hydrogens (primary N) is 1. The maximum atomic E-state index is 10.9. The molecule has 1 amide bonds. The van der Waals surface area contributed by atoms with Crippen LogP contribution in [0.15, 0.2) is 6.20 Å². The van der Waals surface area contributed by atoms with Crippen molar-refractivity contribution in [3.05, 3.63) is 17.5 Å². The minimum absolute atomic E-state index is 0.239. The molecule has 1 aliphatic heterocycles. The number of rotatable bonds is 5. The molecule has 1 saturated heterocycles. The largest absolute Gasteiger partial charge is 0.369 e. The first-order chi connectivity index (χ1) is 9.04. The van der Waals surface area contributed by atoms with Gasteiger partial charge in [-0.05, 0) is 19.8 Å². The van der Waals surface area contributed by atoms with Crippen LogP contribution in [0, 0.1) is 6.92 Å². The van der Waals surface area contributed by atoms with Gasteiger partial charge in [0.15, 0.2) is 0 Å². The molecule has 0 radical (unpaired) electrons. The van der Waals surface area contributed by atoms with E-state index in [1.807, 2.05) is 18.7 Å². The molecule has 2 heterocycles. The van der Waals surface area contributed by atoms with E-state index in [0.717, 1.165) is 38.2 Å². The highest BCUT2D eigenvalue weighted by molar-refractivity contribution is 5.75. The van der Waals surface area contributed by atoms with E-state index in [4.69, 9.17) is 5.73 Å². The van der Waals surface area contributed by atoms with Gasteiger partial charge in [-0.2, -0.15) is 5.10 Å². The Morgan fingerprint density at radius 2 is 2.21 bits per heavy atom. The topological polar surface area (TPSA) is 76.2 Å². The van der Waals surface area contributed by atoms with Gasteiger partial charge >= 0.3 is 0 Å². The number of hydrogen-bond donors (Lipinski definition) is 2. The fourth-order valence-electron chi connectivity index (χ4n) is 2.59. The summed E-state index contributed by atoms with van der Waals surface area (Å²) in [5.74, 6) is -0.239. The lowest BCUT2D eigenvalue weighted by molar-refractivity contribution is -0.119. The number of carbonyl (C=O) groups is 1. The molecule has 0 spiro atoms. The molecule has 6 heteroatoms. The summed E-state index contributed by atoms with van der Waals surface area (Å²) < 4.78 is 1.85. The zero-order valence-corrected chi connectivity index (χ0v) is 11.7. The number of primary amides is 1. The number of aryl methyl sites for hydroxylation is 2. The van der Waals surface area contributed by atoms with Crippen molar-refractivity contribution in [2.75, 3.05) is 19.6 Å². The third-order valence-electron chi connectivity index (χ3n) is 3.66. The van der Waals surface area contributed by atoms with Crippen molar-refractivity contribution in [3.63, 3.8) is 0 Å². The summed E-state index contributed by atoms with van der Waals surface area (Å²) in [6, 6.07) is 0.517. The third-order valence-corrected chi connectivity index (χ3v) is 3.66. The molecule has 0 unspecified atom stereocenters. The second kappa shape index (κ2) is 6.16. The van der Waals surface area contributed by atoms with Crippen molar-refractivity contribution in [2.45, 2.75) is 32.4 Å². The summed E-state index contributed by atoms with van der Waals surface area (Å²) in [7, 11) is 1.94. The van der Waals surface area contributed by atoms with Crippen LogP contribution in [0.5, 0.6) is 0 Å². The maximum absolute atomic E-state index is 10.9. The van der Waals surface area contributed by atoms with Crippen molar-refractivity contribution in [1.29, 1.82) is 0 Å². The molecule has 0 saturated carbocycles. The van der Waals surface area contributed by atoms with Crippen LogP contribution in [0.2, 0.25) is 0 Å². The highest BCUT2D eigenvalue weighted by Crippen LogP contribution is 2.11. The smallest absolute Gasteiger partial charge is 0.231 e. The Kier molecular flexibility index (Phi) is 4.55. The molecule has 1 aromatic heterocycles. The average molecular weight is 265 g/mol. The van der Waals surface area contributed by atoms with E-state index in [-0.39, 0.29) is 5.91 Å². The van der Waals surface area contributed by atoms with Gasteiger partial charge in [0.1, 0.15) is 0 Å². The van der Waals surface area contributed by atoms with Crippen molar-refractivity contribution in [3.8, 4) is 0 Å². The van der Waals surface area contributed by atoms with E-state index >= 15 is 0 Å². The number of carbonyl (C=O) groups excluding carboxylic acids is 1. The molecule has 0 aromatic carbocycles. The van der Waals surface area contributed by atoms with E-state index in [1.165, 1.54) is 5.56 Å². The third kappa shape index (κ3) is 4.04. The van der Waals surface area contributed by atoms with E-state index in [9.17, 15) is 4.79 Å². The van der Waals surface area contributed by atoms with E-state index in [1.54, 1.807) is 0 Å². The van der Waals surface area contributed by atoms with Crippen molar-refractivity contribution < 1.29 is 4.79 Å². The highest BCUT2D eigenvalue weighted by atomic mass is 16.1. The van der Waals surface area contributed by atoms with Crippen LogP contribution in [0.3, 0.4) is 0 Å². The lowest BCUT2D eigenvalue weighted by atomic mass is 10.0. The fourth-order valence-corrected chi connectivity index (χ4v) is 2.59. The summed E-state index contributed by atoms with van der Waals surface area (Å²) in [6.07, 6.45) is 4.18.